The average Bonchev–Trinajstić information content (AvgIpc) is 3.88. The molecule has 64 heavy (non-hydrogen) atoms. The molecule has 0 bridgehead atoms. The Kier molecular flexibility index (Phi) is 28.2. The lowest BCUT2D eigenvalue weighted by Gasteiger charge is -2.20. The number of Topliss-reactive ketones (excluding diaryl/α,β-unsaturated/α-hetero) is 5. The molecule has 0 spiro atoms. The second kappa shape index (κ2) is 33.3. The molecule has 0 amide bonds. The van der Waals surface area contributed by atoms with E-state index in [4.69, 9.17) is 20.1 Å². The first-order chi connectivity index (χ1) is 31.1. The third-order valence-corrected chi connectivity index (χ3v) is 12.5. The molecule has 0 saturated heterocycles. The van der Waals surface area contributed by atoms with E-state index in [9.17, 15) is 24.0 Å². The van der Waals surface area contributed by atoms with Crippen LogP contribution in [0.4, 0.5) is 0 Å². The maximum Gasteiger partial charge on any atom is 0.133 e. The Bertz CT molecular complexity index is 1730. The van der Waals surface area contributed by atoms with E-state index >= 15 is 0 Å². The quantitative estimate of drug-likeness (QED) is 0.119. The van der Waals surface area contributed by atoms with E-state index in [1.54, 1.807) is 0 Å². The number of hydrogen-bond acceptors (Lipinski definition) is 9. The summed E-state index contributed by atoms with van der Waals surface area (Å²) in [5.41, 5.74) is 3.80. The van der Waals surface area contributed by atoms with Gasteiger partial charge in [0.15, 0.2) is 0 Å². The molecule has 9 heteroatoms. The third-order valence-electron chi connectivity index (χ3n) is 12.5. The third kappa shape index (κ3) is 25.4. The topological polar surface area (TPSA) is 155 Å². The molecule has 4 fully saturated rings. The van der Waals surface area contributed by atoms with Crippen LogP contribution in [-0.2, 0) is 48.2 Å². The number of hydrogen-bond donors (Lipinski definition) is 3. The Labute approximate surface area is 383 Å². The van der Waals surface area contributed by atoms with Gasteiger partial charge in [-0.1, -0.05) is 104 Å². The molecule has 0 aromatic heterocycles. The van der Waals surface area contributed by atoms with E-state index in [0.717, 1.165) is 90.1 Å². The summed E-state index contributed by atoms with van der Waals surface area (Å²) in [6.07, 6.45) is 18.5. The Morgan fingerprint density at radius 3 is 1.56 bits per heavy atom. The molecule has 5 atom stereocenters. The predicted octanol–water partition coefficient (Wildman–Crippen LogP) is 10.0. The lowest BCUT2D eigenvalue weighted by molar-refractivity contribution is -0.122. The lowest BCUT2D eigenvalue weighted by atomic mass is 9.89. The first-order valence-corrected chi connectivity index (χ1v) is 24.2. The van der Waals surface area contributed by atoms with Crippen molar-refractivity contribution in [3.8, 4) is 0 Å². The van der Waals surface area contributed by atoms with Gasteiger partial charge in [0.25, 0.3) is 0 Å². The van der Waals surface area contributed by atoms with Gasteiger partial charge >= 0.3 is 0 Å². The Morgan fingerprint density at radius 1 is 0.562 bits per heavy atom. The van der Waals surface area contributed by atoms with Crippen LogP contribution in [0.2, 0.25) is 0 Å². The summed E-state index contributed by atoms with van der Waals surface area (Å²) in [7, 11) is 0. The molecule has 3 aromatic carbocycles. The molecule has 3 N–H and O–H groups in total. The summed E-state index contributed by atoms with van der Waals surface area (Å²) >= 11 is 0. The van der Waals surface area contributed by atoms with Gasteiger partial charge in [-0.3, -0.25) is 24.0 Å². The number of aryl methyl sites for hydroxylation is 2. The average molecular weight is 883 g/mol. The fourth-order valence-corrected chi connectivity index (χ4v) is 8.57. The Balaban J connectivity index is 0.000000218. The van der Waals surface area contributed by atoms with Crippen LogP contribution in [0, 0.1) is 29.6 Å². The maximum atomic E-state index is 11.5. The number of ether oxygens (including phenoxy) is 1. The van der Waals surface area contributed by atoms with Crippen molar-refractivity contribution >= 4 is 28.9 Å². The normalized spacial score (nSPS) is 21.1. The second-order valence-corrected chi connectivity index (χ2v) is 18.4. The molecule has 352 valence electrons. The highest BCUT2D eigenvalue weighted by Crippen LogP contribution is 2.26. The minimum absolute atomic E-state index is 0.0910. The van der Waals surface area contributed by atoms with Crippen LogP contribution in [-0.4, -0.2) is 70.7 Å². The molecule has 0 aliphatic heterocycles. The summed E-state index contributed by atoms with van der Waals surface area (Å²) in [4.78, 5) is 55.4. The standard InChI is InChI=1S/C15H20O.C14H18O2.C13H18O2.C7H12O2.C6H10O2/c16-15-9-5-4-8-14(12-15)11-10-13-6-2-1-3-7-13;15-14-8-4-7-13(9-14)11-16-10-12-5-2-1-3-6-12;1-11(10-14)9-13(15)8-7-12-5-3-2-4-6-12;8-4-3-6-1-2-7(9)5-6;7-4-5-1-2-6(8)3-5/h1-3,6-7,14H,4-5,8-12H2;1-3,5-6,13H,4,7-11H2;2-6,11,14H,7-10H2,1H3;6,8H,1-5H2;5,7H,1-4H2. The van der Waals surface area contributed by atoms with E-state index in [1.165, 1.54) is 36.0 Å². The zero-order chi connectivity index (χ0) is 46.2. The van der Waals surface area contributed by atoms with Crippen molar-refractivity contribution in [1.82, 2.24) is 0 Å². The summed E-state index contributed by atoms with van der Waals surface area (Å²) in [5.74, 6) is 3.74. The summed E-state index contributed by atoms with van der Waals surface area (Å²) in [5, 5.41) is 25.8. The van der Waals surface area contributed by atoms with Crippen molar-refractivity contribution in [1.29, 1.82) is 0 Å². The molecule has 4 saturated carbocycles. The van der Waals surface area contributed by atoms with Gasteiger partial charge < -0.3 is 20.1 Å². The number of aliphatic hydroxyl groups is 3. The van der Waals surface area contributed by atoms with E-state index < -0.39 is 0 Å². The summed E-state index contributed by atoms with van der Waals surface area (Å²) in [6.45, 7) is 3.79. The Morgan fingerprint density at radius 2 is 1.05 bits per heavy atom. The number of aliphatic hydroxyl groups excluding tert-OH is 3. The molecule has 3 aromatic rings. The van der Waals surface area contributed by atoms with Crippen LogP contribution in [0.3, 0.4) is 0 Å². The van der Waals surface area contributed by atoms with E-state index in [0.29, 0.717) is 79.6 Å². The largest absolute Gasteiger partial charge is 0.396 e. The minimum atomic E-state index is 0.0910. The number of carbonyl (C=O) groups excluding carboxylic acids is 5. The first-order valence-electron chi connectivity index (χ1n) is 24.2. The van der Waals surface area contributed by atoms with Crippen molar-refractivity contribution in [3.05, 3.63) is 108 Å². The SMILES string of the molecule is CC(CO)CC(=O)CCc1ccccc1.O=C1CCC(CCO)C1.O=C1CCC(CO)C1.O=C1CCCC(COCc2ccccc2)C1.O=C1CCCCC(CCc2ccccc2)C1. The van der Waals surface area contributed by atoms with Crippen LogP contribution >= 0.6 is 0 Å². The number of carbonyl (C=O) groups is 5. The molecule has 9 nitrogen and oxygen atoms in total. The van der Waals surface area contributed by atoms with Crippen LogP contribution in [0.1, 0.15) is 146 Å². The van der Waals surface area contributed by atoms with Crippen molar-refractivity contribution < 1.29 is 44.0 Å². The Hall–Kier alpha value is -4.15. The molecule has 7 rings (SSSR count). The molecular formula is C55H78O9. The number of benzene rings is 3. The van der Waals surface area contributed by atoms with Gasteiger partial charge in [-0.25, -0.2) is 0 Å². The molecule has 4 aliphatic carbocycles. The van der Waals surface area contributed by atoms with Gasteiger partial charge in [-0.15, -0.1) is 0 Å². The number of rotatable bonds is 16. The molecule has 0 radical (unpaired) electrons. The lowest BCUT2D eigenvalue weighted by Crippen LogP contribution is -2.19. The van der Waals surface area contributed by atoms with Gasteiger partial charge in [-0.05, 0) is 110 Å². The summed E-state index contributed by atoms with van der Waals surface area (Å²) < 4.78 is 5.66. The van der Waals surface area contributed by atoms with Crippen LogP contribution in [0.25, 0.3) is 0 Å². The van der Waals surface area contributed by atoms with Gasteiger partial charge in [0.05, 0.1) is 13.2 Å². The maximum absolute atomic E-state index is 11.5. The van der Waals surface area contributed by atoms with Gasteiger partial charge in [0.1, 0.15) is 28.9 Å². The number of ketones is 5. The van der Waals surface area contributed by atoms with Gasteiger partial charge in [0.2, 0.25) is 0 Å². The van der Waals surface area contributed by atoms with Gasteiger partial charge in [0, 0.05) is 84.0 Å². The second-order valence-electron chi connectivity index (χ2n) is 18.4. The van der Waals surface area contributed by atoms with E-state index in [1.807, 2.05) is 55.5 Å². The van der Waals surface area contributed by atoms with E-state index in [2.05, 4.69) is 42.5 Å². The zero-order valence-corrected chi connectivity index (χ0v) is 38.7. The van der Waals surface area contributed by atoms with Crippen molar-refractivity contribution in [2.75, 3.05) is 26.4 Å². The van der Waals surface area contributed by atoms with Crippen LogP contribution < -0.4 is 0 Å². The molecule has 5 unspecified atom stereocenters. The molecule has 4 aliphatic rings. The monoisotopic (exact) mass is 883 g/mol. The summed E-state index contributed by atoms with van der Waals surface area (Å²) in [6, 6.07) is 30.8. The van der Waals surface area contributed by atoms with E-state index in [-0.39, 0.29) is 37.4 Å². The highest BCUT2D eigenvalue weighted by atomic mass is 16.5. The van der Waals surface area contributed by atoms with Gasteiger partial charge in [-0.2, -0.15) is 0 Å². The van der Waals surface area contributed by atoms with Crippen molar-refractivity contribution in [3.63, 3.8) is 0 Å². The zero-order valence-electron chi connectivity index (χ0n) is 38.7. The fraction of sp³-hybridized carbons (Fsp3) is 0.582. The van der Waals surface area contributed by atoms with Crippen LogP contribution in [0.15, 0.2) is 91.0 Å². The first kappa shape index (κ1) is 54.2. The van der Waals surface area contributed by atoms with Crippen molar-refractivity contribution in [2.24, 2.45) is 29.6 Å². The molecular weight excluding hydrogens is 805 g/mol. The smallest absolute Gasteiger partial charge is 0.133 e. The minimum Gasteiger partial charge on any atom is -0.396 e. The van der Waals surface area contributed by atoms with Crippen molar-refractivity contribution in [2.45, 2.75) is 148 Å². The fourth-order valence-electron chi connectivity index (χ4n) is 8.57. The van der Waals surface area contributed by atoms with Crippen LogP contribution in [0.5, 0.6) is 0 Å². The molecule has 0 heterocycles. The highest BCUT2D eigenvalue weighted by molar-refractivity contribution is 5.81. The highest BCUT2D eigenvalue weighted by Gasteiger charge is 2.22. The predicted molar refractivity (Wildman–Crippen MR) is 254 cm³/mol.